The van der Waals surface area contributed by atoms with Crippen LogP contribution in [-0.4, -0.2) is 24.7 Å². The summed E-state index contributed by atoms with van der Waals surface area (Å²) in [6.45, 7) is 1.97. The van der Waals surface area contributed by atoms with Gasteiger partial charge in [-0.25, -0.2) is 4.90 Å². The molecule has 4 nitrogen and oxygen atoms in total. The van der Waals surface area contributed by atoms with Gasteiger partial charge in [0, 0.05) is 4.88 Å². The van der Waals surface area contributed by atoms with Crippen molar-refractivity contribution in [2.45, 2.75) is 6.92 Å². The summed E-state index contributed by atoms with van der Waals surface area (Å²) in [7, 11) is 1.58. The summed E-state index contributed by atoms with van der Waals surface area (Å²) < 4.78 is 5.12. The Kier molecular flexibility index (Phi) is 4.54. The lowest BCUT2D eigenvalue weighted by Gasteiger charge is -2.15. The summed E-state index contributed by atoms with van der Waals surface area (Å²) >= 11 is 2.88. The average Bonchev–Trinajstić information content (AvgIpc) is 3.16. The number of hydrogen-bond acceptors (Lipinski definition) is 5. The van der Waals surface area contributed by atoms with Crippen molar-refractivity contribution in [2.24, 2.45) is 0 Å². The quantitative estimate of drug-likeness (QED) is 0.774. The van der Waals surface area contributed by atoms with E-state index in [9.17, 15) is 9.59 Å². The van der Waals surface area contributed by atoms with Gasteiger partial charge in [-0.15, -0.1) is 23.1 Å². The second kappa shape index (κ2) is 6.60. The first kappa shape index (κ1) is 15.8. The van der Waals surface area contributed by atoms with Gasteiger partial charge < -0.3 is 4.74 Å². The highest BCUT2D eigenvalue weighted by Crippen LogP contribution is 2.39. The largest absolute Gasteiger partial charge is 0.497 e. The summed E-state index contributed by atoms with van der Waals surface area (Å²) in [6, 6.07) is 10.7. The van der Waals surface area contributed by atoms with Gasteiger partial charge in [-0.2, -0.15) is 0 Å². The molecule has 0 spiro atoms. The predicted molar refractivity (Wildman–Crippen MR) is 94.9 cm³/mol. The van der Waals surface area contributed by atoms with E-state index >= 15 is 0 Å². The van der Waals surface area contributed by atoms with Gasteiger partial charge in [0.2, 0.25) is 0 Å². The van der Waals surface area contributed by atoms with Crippen LogP contribution in [-0.2, 0) is 9.59 Å². The molecule has 0 saturated heterocycles. The minimum atomic E-state index is -0.265. The molecular formula is C17H15NO3S2. The maximum atomic E-state index is 12.9. The lowest BCUT2D eigenvalue weighted by molar-refractivity contribution is -0.119. The molecule has 0 unspecified atom stereocenters. The second-order valence-electron chi connectivity index (χ2n) is 4.76. The fourth-order valence-electron chi connectivity index (χ4n) is 2.39. The van der Waals surface area contributed by atoms with E-state index in [1.807, 2.05) is 24.4 Å². The molecule has 0 atom stereocenters. The Bertz CT molecular complexity index is 764. The van der Waals surface area contributed by atoms with Crippen LogP contribution in [0.1, 0.15) is 11.8 Å². The highest BCUT2D eigenvalue weighted by atomic mass is 32.2. The molecule has 0 aliphatic carbocycles. The van der Waals surface area contributed by atoms with Crippen LogP contribution in [0.15, 0.2) is 46.7 Å². The van der Waals surface area contributed by atoms with E-state index in [1.165, 1.54) is 28.0 Å². The van der Waals surface area contributed by atoms with Crippen molar-refractivity contribution in [2.75, 3.05) is 17.8 Å². The molecule has 2 aromatic rings. The molecule has 2 amide bonds. The summed E-state index contributed by atoms with van der Waals surface area (Å²) in [5, 5.41) is 1.91. The number of thiophene rings is 1. The Morgan fingerprint density at radius 3 is 2.43 bits per heavy atom. The fraction of sp³-hybridized carbons (Fsp3) is 0.176. The predicted octanol–water partition coefficient (Wildman–Crippen LogP) is 3.79. The zero-order chi connectivity index (χ0) is 16.4. The lowest BCUT2D eigenvalue weighted by Crippen LogP contribution is -2.31. The molecule has 0 radical (unpaired) electrons. The zero-order valence-corrected chi connectivity index (χ0v) is 14.4. The van der Waals surface area contributed by atoms with Crippen molar-refractivity contribution < 1.29 is 14.3 Å². The fourth-order valence-corrected chi connectivity index (χ4v) is 4.07. The van der Waals surface area contributed by atoms with Crippen molar-refractivity contribution in [1.29, 1.82) is 0 Å². The van der Waals surface area contributed by atoms with E-state index in [4.69, 9.17) is 4.74 Å². The Balaban J connectivity index is 2.02. The SMILES string of the molecule is CCSC1=C(c2cccs2)C(=O)N(c2ccc(OC)cc2)C1=O. The number of methoxy groups -OCH3 is 1. The van der Waals surface area contributed by atoms with Crippen molar-refractivity contribution in [1.82, 2.24) is 0 Å². The molecule has 23 heavy (non-hydrogen) atoms. The first-order valence-electron chi connectivity index (χ1n) is 7.11. The van der Waals surface area contributed by atoms with Crippen molar-refractivity contribution in [3.63, 3.8) is 0 Å². The van der Waals surface area contributed by atoms with Crippen LogP contribution in [0.2, 0.25) is 0 Å². The number of carbonyl (C=O) groups is 2. The highest BCUT2D eigenvalue weighted by Gasteiger charge is 2.40. The summed E-state index contributed by atoms with van der Waals surface area (Å²) in [6.07, 6.45) is 0. The van der Waals surface area contributed by atoms with Gasteiger partial charge in [-0.05, 0) is 41.5 Å². The maximum Gasteiger partial charge on any atom is 0.272 e. The minimum absolute atomic E-state index is 0.254. The van der Waals surface area contributed by atoms with Gasteiger partial charge in [0.15, 0.2) is 0 Å². The molecule has 1 aliphatic heterocycles. The molecule has 0 bridgehead atoms. The Morgan fingerprint density at radius 2 is 1.87 bits per heavy atom. The molecule has 0 saturated carbocycles. The topological polar surface area (TPSA) is 46.6 Å². The monoisotopic (exact) mass is 345 g/mol. The zero-order valence-electron chi connectivity index (χ0n) is 12.7. The molecule has 1 aromatic heterocycles. The van der Waals surface area contributed by atoms with E-state index in [1.54, 1.807) is 31.4 Å². The van der Waals surface area contributed by atoms with E-state index in [0.717, 1.165) is 10.6 Å². The maximum absolute atomic E-state index is 12.9. The number of thioether (sulfide) groups is 1. The minimum Gasteiger partial charge on any atom is -0.497 e. The summed E-state index contributed by atoms with van der Waals surface area (Å²) in [5.41, 5.74) is 1.06. The van der Waals surface area contributed by atoms with E-state index in [2.05, 4.69) is 0 Å². The molecule has 1 aromatic carbocycles. The van der Waals surface area contributed by atoms with Crippen molar-refractivity contribution in [3.8, 4) is 5.75 Å². The molecule has 0 fully saturated rings. The molecule has 0 N–H and O–H groups in total. The van der Waals surface area contributed by atoms with Gasteiger partial charge in [-0.1, -0.05) is 13.0 Å². The van der Waals surface area contributed by atoms with Crippen LogP contribution in [0.3, 0.4) is 0 Å². The molecule has 3 rings (SSSR count). The molecular weight excluding hydrogens is 330 g/mol. The lowest BCUT2D eigenvalue weighted by atomic mass is 10.2. The molecule has 6 heteroatoms. The number of ether oxygens (including phenoxy) is 1. The normalized spacial score (nSPS) is 14.8. The summed E-state index contributed by atoms with van der Waals surface area (Å²) in [4.78, 5) is 28.2. The summed E-state index contributed by atoms with van der Waals surface area (Å²) in [5.74, 6) is 0.899. The second-order valence-corrected chi connectivity index (χ2v) is 6.98. The first-order chi connectivity index (χ1) is 11.2. The number of imide groups is 1. The van der Waals surface area contributed by atoms with Gasteiger partial charge in [-0.3, -0.25) is 9.59 Å². The van der Waals surface area contributed by atoms with E-state index in [-0.39, 0.29) is 11.8 Å². The number of nitrogens with zero attached hydrogens (tertiary/aromatic N) is 1. The number of carbonyl (C=O) groups excluding carboxylic acids is 2. The number of amides is 2. The third kappa shape index (κ3) is 2.80. The number of hydrogen-bond donors (Lipinski definition) is 0. The third-order valence-electron chi connectivity index (χ3n) is 3.43. The number of rotatable bonds is 5. The molecule has 2 heterocycles. The van der Waals surface area contributed by atoms with Gasteiger partial charge >= 0.3 is 0 Å². The Hall–Kier alpha value is -2.05. The molecule has 1 aliphatic rings. The van der Waals surface area contributed by atoms with Crippen LogP contribution < -0.4 is 9.64 Å². The highest BCUT2D eigenvalue weighted by molar-refractivity contribution is 8.04. The standard InChI is InChI=1S/C17H15NO3S2/c1-3-22-15-14(13-5-4-10-23-13)16(19)18(17(15)20)11-6-8-12(21-2)9-7-11/h4-10H,3H2,1-2H3. The molecule has 118 valence electrons. The van der Waals surface area contributed by atoms with Gasteiger partial charge in [0.05, 0.1) is 23.3 Å². The number of anilines is 1. The van der Waals surface area contributed by atoms with E-state index in [0.29, 0.717) is 21.9 Å². The van der Waals surface area contributed by atoms with Crippen LogP contribution in [0.4, 0.5) is 5.69 Å². The van der Waals surface area contributed by atoms with E-state index < -0.39 is 0 Å². The van der Waals surface area contributed by atoms with Crippen LogP contribution in [0.5, 0.6) is 5.75 Å². The number of benzene rings is 1. The smallest absolute Gasteiger partial charge is 0.272 e. The van der Waals surface area contributed by atoms with Crippen LogP contribution in [0.25, 0.3) is 5.57 Å². The average molecular weight is 345 g/mol. The van der Waals surface area contributed by atoms with Crippen LogP contribution in [0, 0.1) is 0 Å². The first-order valence-corrected chi connectivity index (χ1v) is 8.97. The third-order valence-corrected chi connectivity index (χ3v) is 5.27. The van der Waals surface area contributed by atoms with Crippen molar-refractivity contribution >= 4 is 46.2 Å². The van der Waals surface area contributed by atoms with Gasteiger partial charge in [0.1, 0.15) is 5.75 Å². The van der Waals surface area contributed by atoms with Gasteiger partial charge in [0.25, 0.3) is 11.8 Å². The Morgan fingerprint density at radius 1 is 1.13 bits per heavy atom. The Labute approximate surface area is 142 Å². The van der Waals surface area contributed by atoms with Crippen molar-refractivity contribution in [3.05, 3.63) is 51.6 Å². The van der Waals surface area contributed by atoms with Crippen LogP contribution >= 0.6 is 23.1 Å².